The summed E-state index contributed by atoms with van der Waals surface area (Å²) in [5, 5.41) is 13.5. The van der Waals surface area contributed by atoms with E-state index in [-0.39, 0.29) is 42.9 Å². The number of hydrogen-bond acceptors (Lipinski definition) is 3. The lowest BCUT2D eigenvalue weighted by Gasteiger charge is -2.22. The largest absolute Gasteiger partial charge is 0.491 e. The molecule has 1 aliphatic carbocycles. The molecule has 152 valence electrons. The summed E-state index contributed by atoms with van der Waals surface area (Å²) < 4.78 is 18.4. The van der Waals surface area contributed by atoms with Crippen molar-refractivity contribution in [3.05, 3.63) is 30.1 Å². The van der Waals surface area contributed by atoms with Crippen molar-refractivity contribution in [2.24, 2.45) is 16.8 Å². The van der Waals surface area contributed by atoms with Gasteiger partial charge in [-0.25, -0.2) is 4.39 Å². The number of rotatable bonds is 6. The Kier molecular flexibility index (Phi) is 9.08. The molecule has 3 atom stereocenters. The Morgan fingerprint density at radius 3 is 2.48 bits per heavy atom. The average molecular weight is 491 g/mol. The van der Waals surface area contributed by atoms with E-state index < -0.39 is 6.10 Å². The van der Waals surface area contributed by atoms with Crippen LogP contribution in [0, 0.1) is 17.7 Å². The Bertz CT molecular complexity index is 585. The van der Waals surface area contributed by atoms with Crippen LogP contribution in [0.3, 0.4) is 0 Å². The molecule has 0 amide bonds. The maximum Gasteiger partial charge on any atom is 0.194 e. The highest BCUT2D eigenvalue weighted by Crippen LogP contribution is 2.35. The molecule has 1 saturated carbocycles. The highest BCUT2D eigenvalue weighted by Gasteiger charge is 2.35. The number of likely N-dealkylation sites (tertiary alicyclic amines) is 1. The molecule has 1 aliphatic heterocycles. The molecule has 3 rings (SSSR count). The van der Waals surface area contributed by atoms with E-state index in [0.29, 0.717) is 5.75 Å². The molecule has 0 radical (unpaired) electrons. The van der Waals surface area contributed by atoms with Crippen LogP contribution >= 0.6 is 24.0 Å². The second kappa shape index (κ2) is 11.0. The highest BCUT2D eigenvalue weighted by molar-refractivity contribution is 14.0. The maximum absolute atomic E-state index is 12.9. The van der Waals surface area contributed by atoms with E-state index in [2.05, 4.69) is 22.1 Å². The smallest absolute Gasteiger partial charge is 0.194 e. The number of fused-ring (bicyclic) bond motifs is 1. The van der Waals surface area contributed by atoms with Crippen LogP contribution in [0.5, 0.6) is 5.75 Å². The lowest BCUT2D eigenvalue weighted by molar-refractivity contribution is 0.114. The minimum Gasteiger partial charge on any atom is -0.491 e. The molecule has 0 aromatic heterocycles. The quantitative estimate of drug-likeness (QED) is 0.365. The molecule has 3 unspecified atom stereocenters. The first-order valence-corrected chi connectivity index (χ1v) is 9.75. The summed E-state index contributed by atoms with van der Waals surface area (Å²) in [6, 6.07) is 5.80. The summed E-state index contributed by atoms with van der Waals surface area (Å²) in [5.74, 6) is 2.72. The second-order valence-corrected chi connectivity index (χ2v) is 7.32. The van der Waals surface area contributed by atoms with Crippen LogP contribution in [0.1, 0.15) is 32.6 Å². The molecular weight excluding hydrogens is 460 g/mol. The number of benzene rings is 1. The van der Waals surface area contributed by atoms with E-state index in [1.165, 1.54) is 37.8 Å². The van der Waals surface area contributed by atoms with E-state index in [4.69, 9.17) is 4.74 Å². The van der Waals surface area contributed by atoms with E-state index in [0.717, 1.165) is 37.4 Å². The van der Waals surface area contributed by atoms with Crippen molar-refractivity contribution in [1.82, 2.24) is 10.2 Å². The summed E-state index contributed by atoms with van der Waals surface area (Å²) in [5.41, 5.74) is 0. The molecule has 0 bridgehead atoms. The van der Waals surface area contributed by atoms with Crippen molar-refractivity contribution in [2.75, 3.05) is 32.8 Å². The first-order valence-electron chi connectivity index (χ1n) is 9.75. The van der Waals surface area contributed by atoms with Crippen molar-refractivity contribution in [3.8, 4) is 5.75 Å². The van der Waals surface area contributed by atoms with Crippen molar-refractivity contribution >= 4 is 29.9 Å². The van der Waals surface area contributed by atoms with Gasteiger partial charge in [0.25, 0.3) is 0 Å². The van der Waals surface area contributed by atoms with Crippen LogP contribution in [0.4, 0.5) is 4.39 Å². The van der Waals surface area contributed by atoms with E-state index in [1.54, 1.807) is 12.1 Å². The number of halogens is 2. The molecular formula is C20H31FIN3O2. The molecule has 1 aromatic rings. The van der Waals surface area contributed by atoms with E-state index in [1.807, 2.05) is 0 Å². The minimum absolute atomic E-state index is 0. The Labute approximate surface area is 178 Å². The van der Waals surface area contributed by atoms with Crippen LogP contribution in [0.15, 0.2) is 29.3 Å². The second-order valence-electron chi connectivity index (χ2n) is 7.32. The zero-order chi connectivity index (χ0) is 18.4. The molecule has 0 spiro atoms. The third kappa shape index (κ3) is 6.48. The molecule has 1 heterocycles. The van der Waals surface area contributed by atoms with Crippen molar-refractivity contribution in [3.63, 3.8) is 0 Å². The van der Waals surface area contributed by atoms with Gasteiger partial charge in [0.05, 0.1) is 6.54 Å². The molecule has 2 fully saturated rings. The van der Waals surface area contributed by atoms with Crippen molar-refractivity contribution in [2.45, 2.75) is 38.7 Å². The van der Waals surface area contributed by atoms with Gasteiger partial charge in [-0.2, -0.15) is 0 Å². The summed E-state index contributed by atoms with van der Waals surface area (Å²) in [4.78, 5) is 6.97. The van der Waals surface area contributed by atoms with E-state index >= 15 is 0 Å². The number of aliphatic hydroxyl groups excluding tert-OH is 1. The number of ether oxygens (including phenoxy) is 1. The molecule has 7 heteroatoms. The molecule has 27 heavy (non-hydrogen) atoms. The Balaban J connectivity index is 0.00000261. The normalized spacial score (nSPS) is 23.4. The van der Waals surface area contributed by atoms with Gasteiger partial charge in [0.1, 0.15) is 24.3 Å². The van der Waals surface area contributed by atoms with Crippen LogP contribution in [0.25, 0.3) is 0 Å². The first kappa shape index (κ1) is 22.2. The number of guanidine groups is 1. The number of hydrogen-bond donors (Lipinski definition) is 2. The van der Waals surface area contributed by atoms with Gasteiger partial charge in [-0.15, -0.1) is 24.0 Å². The van der Waals surface area contributed by atoms with Crippen LogP contribution in [0.2, 0.25) is 0 Å². The number of nitrogens with zero attached hydrogens (tertiary/aromatic N) is 2. The fourth-order valence-corrected chi connectivity index (χ4v) is 3.97. The van der Waals surface area contributed by atoms with Crippen LogP contribution in [-0.4, -0.2) is 54.9 Å². The number of aliphatic imine (C=N–C) groups is 1. The van der Waals surface area contributed by atoms with Gasteiger partial charge in [0, 0.05) is 19.6 Å². The van der Waals surface area contributed by atoms with Gasteiger partial charge in [-0.3, -0.25) is 4.99 Å². The zero-order valence-corrected chi connectivity index (χ0v) is 18.3. The Hall–Kier alpha value is -1.09. The molecule has 2 aliphatic rings. The Morgan fingerprint density at radius 1 is 1.26 bits per heavy atom. The number of nitrogens with one attached hydrogen (secondary N) is 1. The standard InChI is InChI=1S/C20H30FN3O2.HI/c1-2-22-20(24-12-15-5-3-4-6-16(15)13-24)23-11-18(25)14-26-19-9-7-17(21)8-10-19;/h7-10,15-16,18,25H,2-6,11-14H2,1H3,(H,22,23);1H. The van der Waals surface area contributed by atoms with Gasteiger partial charge in [0.15, 0.2) is 5.96 Å². The first-order chi connectivity index (χ1) is 12.7. The van der Waals surface area contributed by atoms with Crippen molar-refractivity contribution in [1.29, 1.82) is 0 Å². The van der Waals surface area contributed by atoms with Gasteiger partial charge in [-0.05, 0) is 55.9 Å². The summed E-state index contributed by atoms with van der Waals surface area (Å²) in [7, 11) is 0. The average Bonchev–Trinajstić information content (AvgIpc) is 3.08. The fraction of sp³-hybridized carbons (Fsp3) is 0.650. The predicted octanol–water partition coefficient (Wildman–Crippen LogP) is 3.27. The molecule has 1 saturated heterocycles. The third-order valence-corrected chi connectivity index (χ3v) is 5.32. The topological polar surface area (TPSA) is 57.1 Å². The minimum atomic E-state index is -0.696. The lowest BCUT2D eigenvalue weighted by Crippen LogP contribution is -2.41. The van der Waals surface area contributed by atoms with Gasteiger partial charge in [-0.1, -0.05) is 12.8 Å². The lowest BCUT2D eigenvalue weighted by atomic mass is 9.82. The molecule has 2 N–H and O–H groups in total. The number of aliphatic hydroxyl groups is 1. The van der Waals surface area contributed by atoms with Crippen molar-refractivity contribution < 1.29 is 14.2 Å². The monoisotopic (exact) mass is 491 g/mol. The van der Waals surface area contributed by atoms with Gasteiger partial charge in [0.2, 0.25) is 0 Å². The fourth-order valence-electron chi connectivity index (χ4n) is 3.97. The van der Waals surface area contributed by atoms with E-state index in [9.17, 15) is 9.50 Å². The SMILES string of the molecule is CCNC(=NCC(O)COc1ccc(F)cc1)N1CC2CCCCC2C1.I. The maximum atomic E-state index is 12.9. The summed E-state index contributed by atoms with van der Waals surface area (Å²) >= 11 is 0. The van der Waals surface area contributed by atoms with Crippen LogP contribution in [-0.2, 0) is 0 Å². The molecule has 1 aromatic carbocycles. The van der Waals surface area contributed by atoms with Crippen LogP contribution < -0.4 is 10.1 Å². The highest BCUT2D eigenvalue weighted by atomic mass is 127. The van der Waals surface area contributed by atoms with Gasteiger partial charge >= 0.3 is 0 Å². The predicted molar refractivity (Wildman–Crippen MR) is 116 cm³/mol. The Morgan fingerprint density at radius 2 is 1.89 bits per heavy atom. The summed E-state index contributed by atoms with van der Waals surface area (Å²) in [6.07, 6.45) is 4.66. The third-order valence-electron chi connectivity index (χ3n) is 5.32. The molecule has 5 nitrogen and oxygen atoms in total. The summed E-state index contributed by atoms with van der Waals surface area (Å²) in [6.45, 7) is 5.44. The van der Waals surface area contributed by atoms with Gasteiger partial charge < -0.3 is 20.1 Å². The zero-order valence-electron chi connectivity index (χ0n) is 15.9.